The molecule has 0 spiro atoms. The average Bonchev–Trinajstić information content (AvgIpc) is 2.24. The first-order valence-electron chi connectivity index (χ1n) is 4.82. The molecule has 0 aliphatic heterocycles. The number of alkyl halides is 6. The van der Waals surface area contributed by atoms with Crippen LogP contribution < -0.4 is 0 Å². The molecule has 0 amide bonds. The molecule has 0 radical (unpaired) electrons. The van der Waals surface area contributed by atoms with Gasteiger partial charge >= 0.3 is 12.4 Å². The lowest BCUT2D eigenvalue weighted by atomic mass is 9.96. The second-order valence-electron chi connectivity index (χ2n) is 3.52. The Balaban J connectivity index is 3.61. The molecule has 0 unspecified atom stereocenters. The van der Waals surface area contributed by atoms with Crippen molar-refractivity contribution in [1.29, 1.82) is 5.26 Å². The van der Waals surface area contributed by atoms with Gasteiger partial charge in [-0.05, 0) is 24.1 Å². The maximum absolute atomic E-state index is 12.6. The lowest BCUT2D eigenvalue weighted by molar-refractivity contribution is -0.143. The molecule has 0 N–H and O–H groups in total. The zero-order valence-electron chi connectivity index (χ0n) is 9.08. The van der Waals surface area contributed by atoms with Crippen LogP contribution in [0.25, 0.3) is 0 Å². The molecule has 1 nitrogen and oxygen atoms in total. The fraction of sp³-hybridized carbons (Fsp3) is 0.364. The van der Waals surface area contributed by atoms with E-state index in [0.29, 0.717) is 6.07 Å². The van der Waals surface area contributed by atoms with Crippen molar-refractivity contribution in [1.82, 2.24) is 0 Å². The Morgan fingerprint density at radius 3 is 1.83 bits per heavy atom. The Hall–Kier alpha value is -1.71. The number of hydrogen-bond acceptors (Lipinski definition) is 1. The van der Waals surface area contributed by atoms with Crippen LogP contribution in [0.5, 0.6) is 0 Å². The second-order valence-corrected chi connectivity index (χ2v) is 3.52. The van der Waals surface area contributed by atoms with Gasteiger partial charge in [0.05, 0.1) is 22.8 Å². The summed E-state index contributed by atoms with van der Waals surface area (Å²) in [5.74, 6) is 0. The molecule has 0 aliphatic carbocycles. The highest BCUT2D eigenvalue weighted by Gasteiger charge is 2.39. The molecular weight excluding hydrogens is 260 g/mol. The third-order valence-corrected chi connectivity index (χ3v) is 2.36. The van der Waals surface area contributed by atoms with Gasteiger partial charge in [-0.15, -0.1) is 0 Å². The van der Waals surface area contributed by atoms with Crippen LogP contribution in [-0.2, 0) is 18.8 Å². The standard InChI is InChI=1S/C11H7F6N/c1-2-6-3-7(5-18)9(11(15,16)17)4-8(6)10(12,13)14/h3-4H,2H2,1H3. The maximum atomic E-state index is 12.6. The summed E-state index contributed by atoms with van der Waals surface area (Å²) in [5.41, 5.74) is -4.04. The summed E-state index contributed by atoms with van der Waals surface area (Å²) in [4.78, 5) is 0. The molecule has 7 heteroatoms. The van der Waals surface area contributed by atoms with E-state index in [1.165, 1.54) is 13.0 Å². The van der Waals surface area contributed by atoms with E-state index in [1.54, 1.807) is 0 Å². The predicted octanol–water partition coefficient (Wildman–Crippen LogP) is 4.16. The molecule has 0 aliphatic rings. The number of aryl methyl sites for hydroxylation is 1. The van der Waals surface area contributed by atoms with Crippen molar-refractivity contribution in [3.63, 3.8) is 0 Å². The van der Waals surface area contributed by atoms with Gasteiger partial charge in [-0.3, -0.25) is 0 Å². The van der Waals surface area contributed by atoms with Crippen molar-refractivity contribution >= 4 is 0 Å². The van der Waals surface area contributed by atoms with Crippen LogP contribution in [0.4, 0.5) is 26.3 Å². The zero-order chi connectivity index (χ0) is 14.1. The van der Waals surface area contributed by atoms with Gasteiger partial charge in [0.25, 0.3) is 0 Å². The highest BCUT2D eigenvalue weighted by Crippen LogP contribution is 2.39. The number of nitriles is 1. The molecule has 98 valence electrons. The molecule has 0 fully saturated rings. The van der Waals surface area contributed by atoms with Gasteiger partial charge in [0.15, 0.2) is 0 Å². The summed E-state index contributed by atoms with van der Waals surface area (Å²) in [7, 11) is 0. The monoisotopic (exact) mass is 267 g/mol. The van der Waals surface area contributed by atoms with E-state index in [0.717, 1.165) is 0 Å². The van der Waals surface area contributed by atoms with Crippen molar-refractivity contribution < 1.29 is 26.3 Å². The molecule has 0 atom stereocenters. The molecule has 0 saturated carbocycles. The van der Waals surface area contributed by atoms with Crippen molar-refractivity contribution in [2.24, 2.45) is 0 Å². The maximum Gasteiger partial charge on any atom is 0.417 e. The highest BCUT2D eigenvalue weighted by atomic mass is 19.4. The first kappa shape index (κ1) is 14.4. The van der Waals surface area contributed by atoms with Crippen LogP contribution in [0, 0.1) is 11.3 Å². The third kappa shape index (κ3) is 2.75. The van der Waals surface area contributed by atoms with E-state index in [1.807, 2.05) is 0 Å². The summed E-state index contributed by atoms with van der Waals surface area (Å²) < 4.78 is 75.3. The Kier molecular flexibility index (Phi) is 3.60. The lowest BCUT2D eigenvalue weighted by Gasteiger charge is -2.16. The van der Waals surface area contributed by atoms with E-state index < -0.39 is 29.0 Å². The van der Waals surface area contributed by atoms with E-state index >= 15 is 0 Å². The van der Waals surface area contributed by atoms with E-state index in [-0.39, 0.29) is 18.1 Å². The molecule has 1 aromatic rings. The molecular formula is C11H7F6N. The van der Waals surface area contributed by atoms with Gasteiger partial charge < -0.3 is 0 Å². The van der Waals surface area contributed by atoms with E-state index in [9.17, 15) is 26.3 Å². The minimum Gasteiger partial charge on any atom is -0.192 e. The quantitative estimate of drug-likeness (QED) is 0.701. The van der Waals surface area contributed by atoms with Crippen molar-refractivity contribution in [3.8, 4) is 6.07 Å². The minimum atomic E-state index is -4.99. The van der Waals surface area contributed by atoms with Gasteiger partial charge in [0, 0.05) is 0 Å². The Morgan fingerprint density at radius 1 is 1.00 bits per heavy atom. The topological polar surface area (TPSA) is 23.8 Å². The van der Waals surface area contributed by atoms with Gasteiger partial charge in [0.1, 0.15) is 0 Å². The summed E-state index contributed by atoms with van der Waals surface area (Å²) in [6, 6.07) is 1.91. The van der Waals surface area contributed by atoms with Crippen LogP contribution in [0.3, 0.4) is 0 Å². The lowest BCUT2D eigenvalue weighted by Crippen LogP contribution is -2.15. The second kappa shape index (κ2) is 4.52. The molecule has 0 heterocycles. The highest BCUT2D eigenvalue weighted by molar-refractivity contribution is 5.47. The Labute approximate surface area is 98.6 Å². The van der Waals surface area contributed by atoms with E-state index in [4.69, 9.17) is 5.26 Å². The Bertz CT molecular complexity index is 492. The molecule has 1 aromatic carbocycles. The molecule has 0 aromatic heterocycles. The number of hydrogen-bond donors (Lipinski definition) is 0. The number of halogens is 6. The van der Waals surface area contributed by atoms with Gasteiger partial charge in [-0.25, -0.2) is 0 Å². The predicted molar refractivity (Wildman–Crippen MR) is 50.5 cm³/mol. The van der Waals surface area contributed by atoms with Gasteiger partial charge in [-0.2, -0.15) is 31.6 Å². The van der Waals surface area contributed by atoms with Crippen LogP contribution in [0.2, 0.25) is 0 Å². The van der Waals surface area contributed by atoms with Crippen molar-refractivity contribution in [2.45, 2.75) is 25.7 Å². The molecule has 18 heavy (non-hydrogen) atoms. The molecule has 0 bridgehead atoms. The smallest absolute Gasteiger partial charge is 0.192 e. The Morgan fingerprint density at radius 2 is 1.50 bits per heavy atom. The first-order chi connectivity index (χ1) is 8.11. The van der Waals surface area contributed by atoms with E-state index in [2.05, 4.69) is 0 Å². The van der Waals surface area contributed by atoms with Gasteiger partial charge in [-0.1, -0.05) is 6.92 Å². The number of benzene rings is 1. The third-order valence-electron chi connectivity index (χ3n) is 2.36. The summed E-state index contributed by atoms with van der Waals surface area (Å²) >= 11 is 0. The number of rotatable bonds is 1. The summed E-state index contributed by atoms with van der Waals surface area (Å²) in [6.45, 7) is 1.37. The van der Waals surface area contributed by atoms with Crippen LogP contribution >= 0.6 is 0 Å². The van der Waals surface area contributed by atoms with Crippen LogP contribution in [-0.4, -0.2) is 0 Å². The number of nitrogens with zero attached hydrogens (tertiary/aromatic N) is 1. The largest absolute Gasteiger partial charge is 0.417 e. The van der Waals surface area contributed by atoms with Crippen LogP contribution in [0.1, 0.15) is 29.2 Å². The first-order valence-corrected chi connectivity index (χ1v) is 4.82. The summed E-state index contributed by atoms with van der Waals surface area (Å²) in [5, 5.41) is 8.56. The normalized spacial score (nSPS) is 12.3. The SMILES string of the molecule is CCc1cc(C#N)c(C(F)(F)F)cc1C(F)(F)F. The van der Waals surface area contributed by atoms with Gasteiger partial charge in [0.2, 0.25) is 0 Å². The zero-order valence-corrected chi connectivity index (χ0v) is 9.08. The fourth-order valence-electron chi connectivity index (χ4n) is 1.53. The molecule has 0 saturated heterocycles. The van der Waals surface area contributed by atoms with Crippen LogP contribution in [0.15, 0.2) is 12.1 Å². The molecule has 1 rings (SSSR count). The summed E-state index contributed by atoms with van der Waals surface area (Å²) in [6.07, 6.45) is -9.97. The van der Waals surface area contributed by atoms with Crippen molar-refractivity contribution in [2.75, 3.05) is 0 Å². The fourth-order valence-corrected chi connectivity index (χ4v) is 1.53. The van der Waals surface area contributed by atoms with Crippen molar-refractivity contribution in [3.05, 3.63) is 34.4 Å². The minimum absolute atomic E-state index is 0.00259. The average molecular weight is 267 g/mol.